The Kier molecular flexibility index (Phi) is 2.49. The quantitative estimate of drug-likeness (QED) is 0.544. The SMILES string of the molecule is CC(C)NCNC1CC1. The molecule has 1 rings (SSSR count). The smallest absolute Gasteiger partial charge is 0.0458 e. The van der Waals surface area contributed by atoms with Crippen molar-refractivity contribution < 1.29 is 0 Å². The van der Waals surface area contributed by atoms with Crippen LogP contribution < -0.4 is 10.6 Å². The summed E-state index contributed by atoms with van der Waals surface area (Å²) in [6.07, 6.45) is 2.75. The third-order valence-corrected chi connectivity index (χ3v) is 1.48. The van der Waals surface area contributed by atoms with Crippen molar-refractivity contribution in [2.45, 2.75) is 38.8 Å². The molecule has 0 aliphatic heterocycles. The maximum absolute atomic E-state index is 3.38. The molecular weight excluding hydrogens is 112 g/mol. The summed E-state index contributed by atoms with van der Waals surface area (Å²) in [4.78, 5) is 0. The molecule has 0 spiro atoms. The van der Waals surface area contributed by atoms with Gasteiger partial charge in [-0.15, -0.1) is 0 Å². The second-order valence-corrected chi connectivity index (χ2v) is 3.01. The van der Waals surface area contributed by atoms with Gasteiger partial charge in [-0.05, 0) is 26.7 Å². The van der Waals surface area contributed by atoms with Gasteiger partial charge in [0, 0.05) is 18.8 Å². The van der Waals surface area contributed by atoms with Crippen LogP contribution in [0.2, 0.25) is 0 Å². The zero-order valence-electron chi connectivity index (χ0n) is 6.28. The molecule has 0 heterocycles. The monoisotopic (exact) mass is 128 g/mol. The van der Waals surface area contributed by atoms with Crippen LogP contribution in [0, 0.1) is 0 Å². The normalized spacial score (nSPS) is 19.0. The molecule has 9 heavy (non-hydrogen) atoms. The molecule has 1 aliphatic carbocycles. The Bertz CT molecular complexity index is 75.0. The van der Waals surface area contributed by atoms with Crippen LogP contribution in [0.3, 0.4) is 0 Å². The Hall–Kier alpha value is -0.0800. The molecule has 0 aromatic rings. The highest BCUT2D eigenvalue weighted by Crippen LogP contribution is 2.17. The third-order valence-electron chi connectivity index (χ3n) is 1.48. The van der Waals surface area contributed by atoms with Crippen LogP contribution in [0.15, 0.2) is 0 Å². The van der Waals surface area contributed by atoms with Gasteiger partial charge in [-0.2, -0.15) is 0 Å². The van der Waals surface area contributed by atoms with Gasteiger partial charge in [0.25, 0.3) is 0 Å². The van der Waals surface area contributed by atoms with Gasteiger partial charge in [0.2, 0.25) is 0 Å². The second-order valence-electron chi connectivity index (χ2n) is 3.01. The van der Waals surface area contributed by atoms with Gasteiger partial charge in [-0.25, -0.2) is 0 Å². The minimum Gasteiger partial charge on any atom is -0.302 e. The standard InChI is InChI=1S/C7H16N2/c1-6(2)8-5-9-7-3-4-7/h6-9H,3-5H2,1-2H3. The van der Waals surface area contributed by atoms with E-state index in [4.69, 9.17) is 0 Å². The van der Waals surface area contributed by atoms with Crippen LogP contribution in [-0.2, 0) is 0 Å². The Morgan fingerprint density at radius 3 is 2.56 bits per heavy atom. The van der Waals surface area contributed by atoms with Gasteiger partial charge in [0.05, 0.1) is 0 Å². The van der Waals surface area contributed by atoms with Crippen molar-refractivity contribution in [3.8, 4) is 0 Å². The van der Waals surface area contributed by atoms with E-state index in [-0.39, 0.29) is 0 Å². The van der Waals surface area contributed by atoms with Gasteiger partial charge in [0.1, 0.15) is 0 Å². The third kappa shape index (κ3) is 3.49. The molecule has 1 aliphatic rings. The lowest BCUT2D eigenvalue weighted by Crippen LogP contribution is -2.34. The summed E-state index contributed by atoms with van der Waals surface area (Å²) in [5.74, 6) is 0. The predicted octanol–water partition coefficient (Wildman–Crippen LogP) is 0.694. The van der Waals surface area contributed by atoms with E-state index in [0.29, 0.717) is 6.04 Å². The van der Waals surface area contributed by atoms with Crippen molar-refractivity contribution in [3.05, 3.63) is 0 Å². The van der Waals surface area contributed by atoms with E-state index in [1.165, 1.54) is 12.8 Å². The number of nitrogens with one attached hydrogen (secondary N) is 2. The van der Waals surface area contributed by atoms with Gasteiger partial charge in [0.15, 0.2) is 0 Å². The maximum Gasteiger partial charge on any atom is 0.0458 e. The Balaban J connectivity index is 1.81. The number of hydrogen-bond donors (Lipinski definition) is 2. The first-order chi connectivity index (χ1) is 4.29. The van der Waals surface area contributed by atoms with Crippen molar-refractivity contribution in [1.82, 2.24) is 10.6 Å². The summed E-state index contributed by atoms with van der Waals surface area (Å²) < 4.78 is 0. The van der Waals surface area contributed by atoms with Crippen LogP contribution in [-0.4, -0.2) is 18.8 Å². The van der Waals surface area contributed by atoms with E-state index in [1.807, 2.05) is 0 Å². The van der Waals surface area contributed by atoms with Crippen molar-refractivity contribution in [2.24, 2.45) is 0 Å². The molecule has 0 unspecified atom stereocenters. The second kappa shape index (κ2) is 3.18. The molecule has 2 heteroatoms. The Labute approximate surface area is 57.0 Å². The minimum atomic E-state index is 0.608. The van der Waals surface area contributed by atoms with E-state index >= 15 is 0 Å². The van der Waals surface area contributed by atoms with Crippen molar-refractivity contribution in [2.75, 3.05) is 6.67 Å². The molecule has 0 saturated heterocycles. The average Bonchev–Trinajstić information content (AvgIpc) is 2.48. The Morgan fingerprint density at radius 1 is 1.44 bits per heavy atom. The zero-order chi connectivity index (χ0) is 6.69. The van der Waals surface area contributed by atoms with Crippen LogP contribution in [0.4, 0.5) is 0 Å². The zero-order valence-corrected chi connectivity index (χ0v) is 6.28. The molecule has 0 amide bonds. The largest absolute Gasteiger partial charge is 0.302 e. The van der Waals surface area contributed by atoms with Crippen molar-refractivity contribution in [3.63, 3.8) is 0 Å². The lowest BCUT2D eigenvalue weighted by molar-refractivity contribution is 0.525. The molecule has 1 fully saturated rings. The molecule has 0 atom stereocenters. The summed E-state index contributed by atoms with van der Waals surface area (Å²) in [6, 6.07) is 1.44. The van der Waals surface area contributed by atoms with Crippen LogP contribution in [0.25, 0.3) is 0 Å². The molecule has 1 saturated carbocycles. The van der Waals surface area contributed by atoms with E-state index in [1.54, 1.807) is 0 Å². The molecule has 0 radical (unpaired) electrons. The fourth-order valence-electron chi connectivity index (χ4n) is 0.695. The minimum absolute atomic E-state index is 0.608. The lowest BCUT2D eigenvalue weighted by atomic mass is 10.4. The van der Waals surface area contributed by atoms with E-state index in [9.17, 15) is 0 Å². The van der Waals surface area contributed by atoms with Gasteiger partial charge < -0.3 is 10.6 Å². The van der Waals surface area contributed by atoms with Gasteiger partial charge in [-0.1, -0.05) is 0 Å². The highest BCUT2D eigenvalue weighted by molar-refractivity contribution is 4.80. The summed E-state index contributed by atoms with van der Waals surface area (Å²) >= 11 is 0. The fraction of sp³-hybridized carbons (Fsp3) is 1.00. The van der Waals surface area contributed by atoms with Crippen LogP contribution >= 0.6 is 0 Å². The first kappa shape index (κ1) is 7.03. The van der Waals surface area contributed by atoms with Gasteiger partial charge >= 0.3 is 0 Å². The lowest BCUT2D eigenvalue weighted by Gasteiger charge is -2.07. The maximum atomic E-state index is 3.38. The number of hydrogen-bond acceptors (Lipinski definition) is 2. The Morgan fingerprint density at radius 2 is 2.11 bits per heavy atom. The fourth-order valence-corrected chi connectivity index (χ4v) is 0.695. The molecule has 54 valence electrons. The summed E-state index contributed by atoms with van der Waals surface area (Å²) in [7, 11) is 0. The molecule has 2 N–H and O–H groups in total. The molecule has 0 aromatic carbocycles. The molecular formula is C7H16N2. The van der Waals surface area contributed by atoms with Crippen molar-refractivity contribution >= 4 is 0 Å². The van der Waals surface area contributed by atoms with E-state index in [0.717, 1.165) is 12.7 Å². The first-order valence-corrected chi connectivity index (χ1v) is 3.76. The van der Waals surface area contributed by atoms with Gasteiger partial charge in [-0.3, -0.25) is 0 Å². The molecule has 0 aromatic heterocycles. The first-order valence-electron chi connectivity index (χ1n) is 3.76. The van der Waals surface area contributed by atoms with Crippen LogP contribution in [0.5, 0.6) is 0 Å². The van der Waals surface area contributed by atoms with Crippen molar-refractivity contribution in [1.29, 1.82) is 0 Å². The average molecular weight is 128 g/mol. The summed E-state index contributed by atoms with van der Waals surface area (Å²) in [5.41, 5.74) is 0. The highest BCUT2D eigenvalue weighted by Gasteiger charge is 2.19. The molecule has 0 bridgehead atoms. The predicted molar refractivity (Wildman–Crippen MR) is 39.3 cm³/mol. The number of rotatable bonds is 4. The topological polar surface area (TPSA) is 24.1 Å². The van der Waals surface area contributed by atoms with E-state index in [2.05, 4.69) is 24.5 Å². The summed E-state index contributed by atoms with van der Waals surface area (Å²) in [6.45, 7) is 5.30. The van der Waals surface area contributed by atoms with Crippen LogP contribution in [0.1, 0.15) is 26.7 Å². The summed E-state index contributed by atoms with van der Waals surface area (Å²) in [5, 5.41) is 6.68. The highest BCUT2D eigenvalue weighted by atomic mass is 15.1. The molecule has 2 nitrogen and oxygen atoms in total. The van der Waals surface area contributed by atoms with E-state index < -0.39 is 0 Å².